The molecule has 4 N–H and O–H groups in total. The molecule has 0 spiro atoms. The molecular weight excluding hydrogens is 112 g/mol. The smallest absolute Gasteiger partial charge is 0.00804 e. The van der Waals surface area contributed by atoms with Crippen molar-refractivity contribution in [1.29, 1.82) is 0 Å². The Morgan fingerprint density at radius 2 is 2.33 bits per heavy atom. The molecule has 1 aliphatic carbocycles. The summed E-state index contributed by atoms with van der Waals surface area (Å²) in [6.45, 7) is 2.12. The van der Waals surface area contributed by atoms with Crippen molar-refractivity contribution >= 4 is 0 Å². The van der Waals surface area contributed by atoms with Crippen molar-refractivity contribution in [2.75, 3.05) is 0 Å². The normalized spacial score (nSPS) is 36.0. The highest BCUT2D eigenvalue weighted by molar-refractivity contribution is 5.06. The first-order valence-corrected chi connectivity index (χ1v) is 3.41. The molecule has 2 nitrogen and oxygen atoms in total. The van der Waals surface area contributed by atoms with E-state index in [1.165, 1.54) is 0 Å². The van der Waals surface area contributed by atoms with Gasteiger partial charge < -0.3 is 11.5 Å². The molecule has 0 radical (unpaired) electrons. The molecule has 0 aliphatic heterocycles. The molecule has 0 aromatic heterocycles. The Bertz CT molecular complexity index is 129. The highest BCUT2D eigenvalue weighted by Gasteiger charge is 2.14. The van der Waals surface area contributed by atoms with Gasteiger partial charge in [-0.05, 0) is 18.8 Å². The van der Waals surface area contributed by atoms with Crippen LogP contribution < -0.4 is 11.5 Å². The minimum Gasteiger partial charge on any atom is -0.402 e. The highest BCUT2D eigenvalue weighted by Crippen LogP contribution is 2.19. The summed E-state index contributed by atoms with van der Waals surface area (Å²) in [7, 11) is 0. The third-order valence-corrected chi connectivity index (χ3v) is 1.88. The second kappa shape index (κ2) is 2.40. The summed E-state index contributed by atoms with van der Waals surface area (Å²) in [6, 6.07) is 0.340. The molecule has 2 atom stereocenters. The fourth-order valence-corrected chi connectivity index (χ4v) is 1.18. The van der Waals surface area contributed by atoms with Crippen molar-refractivity contribution < 1.29 is 0 Å². The molecule has 0 saturated carbocycles. The summed E-state index contributed by atoms with van der Waals surface area (Å²) in [5.74, 6) is 0.494. The molecule has 1 aliphatic rings. The molecule has 1 rings (SSSR count). The molecule has 0 aromatic rings. The average molecular weight is 126 g/mol. The maximum absolute atomic E-state index is 5.69. The van der Waals surface area contributed by atoms with Gasteiger partial charge in [-0.1, -0.05) is 13.0 Å². The van der Waals surface area contributed by atoms with Crippen LogP contribution >= 0.6 is 0 Å². The van der Waals surface area contributed by atoms with E-state index < -0.39 is 0 Å². The van der Waals surface area contributed by atoms with Gasteiger partial charge in [-0.25, -0.2) is 0 Å². The lowest BCUT2D eigenvalue weighted by atomic mass is 9.91. The first-order chi connectivity index (χ1) is 4.20. The summed E-state index contributed by atoms with van der Waals surface area (Å²) in [5, 5.41) is 0. The van der Waals surface area contributed by atoms with Crippen molar-refractivity contribution in [2.24, 2.45) is 17.4 Å². The van der Waals surface area contributed by atoms with Gasteiger partial charge in [0.1, 0.15) is 0 Å². The van der Waals surface area contributed by atoms with E-state index in [0.29, 0.717) is 12.0 Å². The van der Waals surface area contributed by atoms with Gasteiger partial charge >= 0.3 is 0 Å². The van der Waals surface area contributed by atoms with Gasteiger partial charge in [-0.3, -0.25) is 0 Å². The summed E-state index contributed by atoms with van der Waals surface area (Å²) in [4.78, 5) is 0. The van der Waals surface area contributed by atoms with E-state index in [1.807, 2.05) is 6.08 Å². The quantitative estimate of drug-likeness (QED) is 0.499. The average Bonchev–Trinajstić information content (AvgIpc) is 1.80. The fourth-order valence-electron chi connectivity index (χ4n) is 1.18. The number of nitrogens with two attached hydrogens (primary N) is 2. The van der Waals surface area contributed by atoms with Crippen LogP contribution in [0.3, 0.4) is 0 Å². The van der Waals surface area contributed by atoms with E-state index in [1.54, 1.807) is 0 Å². The molecule has 0 unspecified atom stereocenters. The van der Waals surface area contributed by atoms with Crippen LogP contribution in [0.15, 0.2) is 11.8 Å². The van der Waals surface area contributed by atoms with Crippen LogP contribution in [0.4, 0.5) is 0 Å². The largest absolute Gasteiger partial charge is 0.402 e. The van der Waals surface area contributed by atoms with Crippen LogP contribution in [-0.4, -0.2) is 6.04 Å². The van der Waals surface area contributed by atoms with Crippen LogP contribution in [0, 0.1) is 5.92 Å². The van der Waals surface area contributed by atoms with Gasteiger partial charge in [0.15, 0.2) is 0 Å². The van der Waals surface area contributed by atoms with E-state index in [-0.39, 0.29) is 0 Å². The maximum Gasteiger partial charge on any atom is 0.00804 e. The maximum atomic E-state index is 5.69. The van der Waals surface area contributed by atoms with Gasteiger partial charge in [0, 0.05) is 11.7 Å². The van der Waals surface area contributed by atoms with E-state index in [9.17, 15) is 0 Å². The molecule has 0 heterocycles. The van der Waals surface area contributed by atoms with E-state index in [2.05, 4.69) is 6.92 Å². The summed E-state index contributed by atoms with van der Waals surface area (Å²) >= 11 is 0. The monoisotopic (exact) mass is 126 g/mol. The van der Waals surface area contributed by atoms with Gasteiger partial charge in [0.2, 0.25) is 0 Å². The zero-order valence-electron chi connectivity index (χ0n) is 5.80. The Kier molecular flexibility index (Phi) is 1.76. The number of hydrogen-bond acceptors (Lipinski definition) is 2. The topological polar surface area (TPSA) is 52.0 Å². The van der Waals surface area contributed by atoms with Gasteiger partial charge in [-0.2, -0.15) is 0 Å². The molecular formula is C7H14N2. The molecule has 2 heteroatoms. The lowest BCUT2D eigenvalue weighted by Crippen LogP contribution is -2.28. The van der Waals surface area contributed by atoms with E-state index in [4.69, 9.17) is 11.5 Å². The Labute approximate surface area is 55.9 Å². The minimum absolute atomic E-state index is 0.340. The predicted octanol–water partition coefficient (Wildman–Crippen LogP) is 0.586. The number of hydrogen-bond donors (Lipinski definition) is 2. The summed E-state index contributed by atoms with van der Waals surface area (Å²) < 4.78 is 0. The van der Waals surface area contributed by atoms with E-state index in [0.717, 1.165) is 18.5 Å². The van der Waals surface area contributed by atoms with Gasteiger partial charge in [-0.15, -0.1) is 0 Å². The SMILES string of the molecule is C[C@@H]1C[C@H](N)CC=C1N. The molecule has 9 heavy (non-hydrogen) atoms. The van der Waals surface area contributed by atoms with Gasteiger partial charge in [0.05, 0.1) is 0 Å². The Hall–Kier alpha value is -0.500. The standard InChI is InChI=1S/C7H14N2/c1-5-4-6(8)2-3-7(5)9/h3,5-6H,2,4,8-9H2,1H3/t5-,6-/m1/s1. The summed E-state index contributed by atoms with van der Waals surface area (Å²) in [5.41, 5.74) is 12.3. The Morgan fingerprint density at radius 3 is 2.78 bits per heavy atom. The Balaban J connectivity index is 2.56. The zero-order chi connectivity index (χ0) is 6.85. The van der Waals surface area contributed by atoms with Gasteiger partial charge in [0.25, 0.3) is 0 Å². The van der Waals surface area contributed by atoms with Crippen LogP contribution in [0.1, 0.15) is 19.8 Å². The molecule has 0 aromatic carbocycles. The lowest BCUT2D eigenvalue weighted by molar-refractivity contribution is 0.483. The predicted molar refractivity (Wildman–Crippen MR) is 38.6 cm³/mol. The molecule has 0 saturated heterocycles. The third kappa shape index (κ3) is 1.45. The van der Waals surface area contributed by atoms with E-state index >= 15 is 0 Å². The van der Waals surface area contributed by atoms with Crippen LogP contribution in [0.25, 0.3) is 0 Å². The van der Waals surface area contributed by atoms with Crippen LogP contribution in [-0.2, 0) is 0 Å². The first kappa shape index (κ1) is 6.62. The molecule has 0 bridgehead atoms. The Morgan fingerprint density at radius 1 is 1.67 bits per heavy atom. The second-order valence-electron chi connectivity index (χ2n) is 2.84. The number of allylic oxidation sites excluding steroid dienone is 1. The van der Waals surface area contributed by atoms with Crippen molar-refractivity contribution in [1.82, 2.24) is 0 Å². The zero-order valence-corrected chi connectivity index (χ0v) is 5.80. The first-order valence-electron chi connectivity index (χ1n) is 3.41. The highest BCUT2D eigenvalue weighted by atomic mass is 14.7. The third-order valence-electron chi connectivity index (χ3n) is 1.88. The molecule has 0 amide bonds. The molecule has 0 fully saturated rings. The van der Waals surface area contributed by atoms with Crippen molar-refractivity contribution in [2.45, 2.75) is 25.8 Å². The number of rotatable bonds is 0. The second-order valence-corrected chi connectivity index (χ2v) is 2.84. The van der Waals surface area contributed by atoms with Crippen molar-refractivity contribution in [3.8, 4) is 0 Å². The van der Waals surface area contributed by atoms with Crippen LogP contribution in [0.5, 0.6) is 0 Å². The molecule has 52 valence electrons. The fraction of sp³-hybridized carbons (Fsp3) is 0.714. The summed E-state index contributed by atoms with van der Waals surface area (Å²) in [6.07, 6.45) is 4.04. The minimum atomic E-state index is 0.340. The lowest BCUT2D eigenvalue weighted by Gasteiger charge is -2.21. The van der Waals surface area contributed by atoms with Crippen molar-refractivity contribution in [3.63, 3.8) is 0 Å². The van der Waals surface area contributed by atoms with Crippen LogP contribution in [0.2, 0.25) is 0 Å². The van der Waals surface area contributed by atoms with Crippen molar-refractivity contribution in [3.05, 3.63) is 11.8 Å².